The second-order valence-corrected chi connectivity index (χ2v) is 6.54. The van der Waals surface area contributed by atoms with Crippen molar-refractivity contribution in [2.45, 2.75) is 17.9 Å². The van der Waals surface area contributed by atoms with Gasteiger partial charge in [-0.3, -0.25) is 0 Å². The summed E-state index contributed by atoms with van der Waals surface area (Å²) in [5.41, 5.74) is 0.442. The van der Waals surface area contributed by atoms with Gasteiger partial charge in [-0.25, -0.2) is 17.9 Å². The molecule has 0 aliphatic carbocycles. The number of benzene rings is 1. The quantitative estimate of drug-likeness (QED) is 0.784. The molecule has 0 aliphatic rings. The lowest BCUT2D eigenvalue weighted by molar-refractivity contribution is 0.0691. The highest BCUT2D eigenvalue weighted by Crippen LogP contribution is 2.24. The molecule has 0 fully saturated rings. The minimum absolute atomic E-state index is 0.140. The molecule has 8 heteroatoms. The van der Waals surface area contributed by atoms with Gasteiger partial charge in [0, 0.05) is 17.3 Å². The van der Waals surface area contributed by atoms with Gasteiger partial charge in [0.25, 0.3) is 0 Å². The first-order valence-corrected chi connectivity index (χ1v) is 7.86. The maximum absolute atomic E-state index is 12.2. The molecule has 1 heterocycles. The van der Waals surface area contributed by atoms with Crippen LogP contribution >= 0.6 is 11.6 Å². The fourth-order valence-corrected chi connectivity index (χ4v) is 3.36. The zero-order valence-electron chi connectivity index (χ0n) is 11.0. The summed E-state index contributed by atoms with van der Waals surface area (Å²) < 4.78 is 26.8. The summed E-state index contributed by atoms with van der Waals surface area (Å²) in [6.45, 7) is 1.66. The minimum Gasteiger partial charge on any atom is -0.477 e. The molecule has 2 aromatic rings. The molecule has 0 saturated heterocycles. The fourth-order valence-electron chi connectivity index (χ4n) is 1.84. The molecule has 1 atom stereocenters. The van der Waals surface area contributed by atoms with Crippen LogP contribution in [-0.2, 0) is 10.0 Å². The van der Waals surface area contributed by atoms with Crippen molar-refractivity contribution >= 4 is 27.6 Å². The largest absolute Gasteiger partial charge is 0.477 e. The Morgan fingerprint density at radius 2 is 2.05 bits per heavy atom. The predicted molar refractivity (Wildman–Crippen MR) is 77.9 cm³/mol. The summed E-state index contributed by atoms with van der Waals surface area (Å²) in [7, 11) is -3.84. The average molecular weight is 329 g/mol. The number of carboxylic acid groups (broad SMARTS) is 1. The van der Waals surface area contributed by atoms with Crippen LogP contribution in [0, 0.1) is 0 Å². The van der Waals surface area contributed by atoms with E-state index in [1.165, 1.54) is 0 Å². The molecular weight excluding hydrogens is 316 g/mol. The number of carboxylic acids is 1. The second kappa shape index (κ2) is 5.88. The van der Waals surface area contributed by atoms with E-state index in [-0.39, 0.29) is 10.6 Å². The third-order valence-electron chi connectivity index (χ3n) is 2.90. The molecule has 112 valence electrons. The van der Waals surface area contributed by atoms with E-state index in [0.29, 0.717) is 10.6 Å². The second-order valence-electron chi connectivity index (χ2n) is 4.42. The lowest BCUT2D eigenvalue weighted by Crippen LogP contribution is -2.26. The number of halogens is 1. The number of aromatic carboxylic acids is 1. The topological polar surface area (TPSA) is 99.3 Å². The molecule has 0 saturated carbocycles. The van der Waals surface area contributed by atoms with Gasteiger partial charge in [0.2, 0.25) is 10.0 Å². The maximum Gasteiger partial charge on any atom is 0.352 e. The number of nitrogens with one attached hydrogen (secondary N) is 2. The molecule has 21 heavy (non-hydrogen) atoms. The number of aromatic amines is 1. The monoisotopic (exact) mass is 328 g/mol. The Bertz CT molecular complexity index is 770. The van der Waals surface area contributed by atoms with Crippen molar-refractivity contribution in [1.82, 2.24) is 9.71 Å². The van der Waals surface area contributed by atoms with Crippen molar-refractivity contribution in [1.29, 1.82) is 0 Å². The molecule has 1 aromatic heterocycles. The zero-order chi connectivity index (χ0) is 15.6. The van der Waals surface area contributed by atoms with Gasteiger partial charge in [-0.2, -0.15) is 0 Å². The Morgan fingerprint density at radius 1 is 1.38 bits per heavy atom. The smallest absolute Gasteiger partial charge is 0.352 e. The van der Waals surface area contributed by atoms with Crippen LogP contribution < -0.4 is 4.72 Å². The Labute approximate surface area is 126 Å². The fraction of sp³-hybridized carbons (Fsp3) is 0.154. The molecule has 0 spiro atoms. The van der Waals surface area contributed by atoms with E-state index in [0.717, 1.165) is 12.3 Å². The number of sulfonamides is 1. The van der Waals surface area contributed by atoms with Crippen LogP contribution in [-0.4, -0.2) is 24.5 Å². The number of aromatic nitrogens is 1. The van der Waals surface area contributed by atoms with Gasteiger partial charge in [0.05, 0.1) is 0 Å². The third-order valence-corrected chi connectivity index (χ3v) is 4.77. The summed E-state index contributed by atoms with van der Waals surface area (Å²) in [5.74, 6) is -1.23. The van der Waals surface area contributed by atoms with E-state index in [1.807, 2.05) is 0 Å². The van der Waals surface area contributed by atoms with Crippen molar-refractivity contribution in [3.8, 4) is 0 Å². The number of hydrogen-bond acceptors (Lipinski definition) is 3. The first-order chi connectivity index (χ1) is 9.81. The molecule has 1 unspecified atom stereocenters. The molecule has 1 aromatic carbocycles. The van der Waals surface area contributed by atoms with E-state index in [1.54, 1.807) is 31.2 Å². The van der Waals surface area contributed by atoms with E-state index in [9.17, 15) is 13.2 Å². The van der Waals surface area contributed by atoms with Crippen molar-refractivity contribution in [3.05, 3.63) is 52.8 Å². The zero-order valence-corrected chi connectivity index (χ0v) is 12.6. The van der Waals surface area contributed by atoms with Gasteiger partial charge in [-0.05, 0) is 24.6 Å². The van der Waals surface area contributed by atoms with Crippen LogP contribution in [0.4, 0.5) is 0 Å². The molecule has 0 radical (unpaired) electrons. The number of carbonyl (C=O) groups is 1. The van der Waals surface area contributed by atoms with Crippen LogP contribution in [0.1, 0.15) is 29.0 Å². The Hall–Kier alpha value is -1.83. The van der Waals surface area contributed by atoms with Crippen molar-refractivity contribution in [2.75, 3.05) is 0 Å². The van der Waals surface area contributed by atoms with E-state index >= 15 is 0 Å². The summed E-state index contributed by atoms with van der Waals surface area (Å²) in [6, 6.07) is 7.40. The summed E-state index contributed by atoms with van der Waals surface area (Å²) in [4.78, 5) is 13.0. The standard InChI is InChI=1S/C13H13ClN2O4S/c1-8(10-4-2-3-5-11(10)14)16-21(19,20)9-6-12(13(17)18)15-7-9/h2-8,15-16H,1H3,(H,17,18). The number of H-pyrrole nitrogens is 1. The lowest BCUT2D eigenvalue weighted by atomic mass is 10.1. The molecule has 0 aliphatic heterocycles. The lowest BCUT2D eigenvalue weighted by Gasteiger charge is -2.15. The highest BCUT2D eigenvalue weighted by molar-refractivity contribution is 7.89. The molecule has 0 bridgehead atoms. The SMILES string of the molecule is CC(NS(=O)(=O)c1c[nH]c(C(=O)O)c1)c1ccccc1Cl. The highest BCUT2D eigenvalue weighted by atomic mass is 35.5. The molecule has 6 nitrogen and oxygen atoms in total. The normalized spacial score (nSPS) is 13.0. The van der Waals surface area contributed by atoms with Crippen molar-refractivity contribution in [2.24, 2.45) is 0 Å². The first-order valence-electron chi connectivity index (χ1n) is 6.00. The minimum atomic E-state index is -3.84. The van der Waals surface area contributed by atoms with Crippen molar-refractivity contribution in [3.63, 3.8) is 0 Å². The molecule has 2 rings (SSSR count). The predicted octanol–water partition coefficient (Wildman–Crippen LogP) is 2.41. The van der Waals surface area contributed by atoms with Gasteiger partial charge < -0.3 is 10.1 Å². The van der Waals surface area contributed by atoms with Crippen LogP contribution in [0.25, 0.3) is 0 Å². The summed E-state index contributed by atoms with van der Waals surface area (Å²) >= 11 is 6.02. The van der Waals surface area contributed by atoms with Crippen LogP contribution in [0.2, 0.25) is 5.02 Å². The third kappa shape index (κ3) is 3.44. The highest BCUT2D eigenvalue weighted by Gasteiger charge is 2.22. The Kier molecular flexibility index (Phi) is 4.36. The van der Waals surface area contributed by atoms with Gasteiger partial charge in [-0.1, -0.05) is 29.8 Å². The average Bonchev–Trinajstić information content (AvgIpc) is 2.89. The van der Waals surface area contributed by atoms with Gasteiger partial charge in [0.1, 0.15) is 10.6 Å². The summed E-state index contributed by atoms with van der Waals surface area (Å²) in [6.07, 6.45) is 1.13. The van der Waals surface area contributed by atoms with E-state index in [4.69, 9.17) is 16.7 Å². The summed E-state index contributed by atoms with van der Waals surface area (Å²) in [5, 5.41) is 9.25. The Morgan fingerprint density at radius 3 is 2.62 bits per heavy atom. The molecule has 0 amide bonds. The van der Waals surface area contributed by atoms with Crippen LogP contribution in [0.15, 0.2) is 41.4 Å². The van der Waals surface area contributed by atoms with Crippen molar-refractivity contribution < 1.29 is 18.3 Å². The number of rotatable bonds is 5. The first kappa shape index (κ1) is 15.6. The van der Waals surface area contributed by atoms with Gasteiger partial charge in [0.15, 0.2) is 0 Å². The van der Waals surface area contributed by atoms with Crippen LogP contribution in [0.3, 0.4) is 0 Å². The van der Waals surface area contributed by atoms with E-state index in [2.05, 4.69) is 9.71 Å². The van der Waals surface area contributed by atoms with Gasteiger partial charge in [-0.15, -0.1) is 0 Å². The Balaban J connectivity index is 2.24. The molecular formula is C13H13ClN2O4S. The molecule has 3 N–H and O–H groups in total. The van der Waals surface area contributed by atoms with E-state index < -0.39 is 22.0 Å². The number of hydrogen-bond donors (Lipinski definition) is 3. The van der Waals surface area contributed by atoms with Gasteiger partial charge >= 0.3 is 5.97 Å². The maximum atomic E-state index is 12.2. The van der Waals surface area contributed by atoms with Crippen LogP contribution in [0.5, 0.6) is 0 Å².